The first-order valence-corrected chi connectivity index (χ1v) is 11.4. The van der Waals surface area contributed by atoms with Crippen molar-refractivity contribution < 1.29 is 15.0 Å². The van der Waals surface area contributed by atoms with Gasteiger partial charge in [0, 0.05) is 31.1 Å². The molecule has 0 bridgehead atoms. The smallest absolute Gasteiger partial charge is 0.271 e. The molecular weight excluding hydrogens is 442 g/mol. The maximum Gasteiger partial charge on any atom is 0.271 e. The lowest BCUT2D eigenvalue weighted by Crippen LogP contribution is -2.40. The van der Waals surface area contributed by atoms with Gasteiger partial charge in [-0.05, 0) is 54.5 Å². The van der Waals surface area contributed by atoms with Crippen LogP contribution in [0.2, 0.25) is 5.02 Å². The van der Waals surface area contributed by atoms with Gasteiger partial charge < -0.3 is 26.2 Å². The number of likely N-dealkylation sites (tertiary alicyclic amines) is 1. The summed E-state index contributed by atoms with van der Waals surface area (Å²) < 4.78 is 0. The Balaban J connectivity index is 1.37. The minimum Gasteiger partial charge on any atom is -0.504 e. The predicted molar refractivity (Wildman–Crippen MR) is 126 cm³/mol. The van der Waals surface area contributed by atoms with Crippen LogP contribution in [0.3, 0.4) is 0 Å². The molecule has 0 saturated carbocycles. The van der Waals surface area contributed by atoms with Crippen LogP contribution in [0.4, 0.5) is 0 Å². The van der Waals surface area contributed by atoms with Crippen molar-refractivity contribution in [2.45, 2.75) is 32.8 Å². The number of halogens is 1. The zero-order chi connectivity index (χ0) is 23.5. The Kier molecular flexibility index (Phi) is 6.85. The number of nitrogens with zero attached hydrogens (tertiary/aromatic N) is 3. The Hall–Kier alpha value is -3.10. The number of allylic oxidation sites excluding steroid dienone is 2. The molecule has 1 aromatic carbocycles. The van der Waals surface area contributed by atoms with Crippen molar-refractivity contribution in [1.82, 2.24) is 20.2 Å². The minimum absolute atomic E-state index is 0.0683. The number of piperidine rings is 1. The molecule has 2 aromatic rings. The average molecular weight is 470 g/mol. The van der Waals surface area contributed by atoms with Gasteiger partial charge in [-0.2, -0.15) is 0 Å². The normalized spacial score (nSPS) is 16.8. The third-order valence-corrected chi connectivity index (χ3v) is 6.61. The molecule has 8 nitrogen and oxygen atoms in total. The van der Waals surface area contributed by atoms with Crippen molar-refractivity contribution in [3.8, 4) is 5.75 Å². The molecule has 4 rings (SSSR count). The van der Waals surface area contributed by atoms with E-state index >= 15 is 0 Å². The summed E-state index contributed by atoms with van der Waals surface area (Å²) >= 11 is 6.24. The van der Waals surface area contributed by atoms with Crippen LogP contribution in [0.5, 0.6) is 5.75 Å². The van der Waals surface area contributed by atoms with E-state index in [9.17, 15) is 15.0 Å². The largest absolute Gasteiger partial charge is 0.504 e. The number of primary amides is 1. The molecule has 1 saturated heterocycles. The van der Waals surface area contributed by atoms with Crippen molar-refractivity contribution in [1.29, 1.82) is 0 Å². The van der Waals surface area contributed by atoms with Gasteiger partial charge in [0.15, 0.2) is 11.4 Å². The quantitative estimate of drug-likeness (QED) is 0.512. The number of aromatic hydroxyl groups is 1. The summed E-state index contributed by atoms with van der Waals surface area (Å²) in [6.45, 7) is 4.10. The van der Waals surface area contributed by atoms with Gasteiger partial charge in [0.25, 0.3) is 5.91 Å². The number of hydrogen-bond donors (Lipinski definition) is 4. The molecular formula is C24H28ClN5O3. The Morgan fingerprint density at radius 2 is 2.03 bits per heavy atom. The molecule has 9 heteroatoms. The summed E-state index contributed by atoms with van der Waals surface area (Å²) in [4.78, 5) is 22.4. The topological polar surface area (TPSA) is 125 Å². The monoisotopic (exact) mass is 469 g/mol. The molecule has 0 radical (unpaired) electrons. The number of aryl methyl sites for hydroxylation is 1. The van der Waals surface area contributed by atoms with E-state index in [1.165, 1.54) is 0 Å². The molecule has 1 fully saturated rings. The summed E-state index contributed by atoms with van der Waals surface area (Å²) in [5.74, 6) is 1.06. The van der Waals surface area contributed by atoms with Crippen LogP contribution >= 0.6 is 11.6 Å². The lowest BCUT2D eigenvalue weighted by atomic mass is 9.93. The van der Waals surface area contributed by atoms with Crippen molar-refractivity contribution in [3.05, 3.63) is 69.5 Å². The zero-order valence-corrected chi connectivity index (χ0v) is 19.3. The highest BCUT2D eigenvalue weighted by atomic mass is 35.5. The number of aromatic nitrogens is 2. The van der Waals surface area contributed by atoms with E-state index in [-0.39, 0.29) is 18.1 Å². The van der Waals surface area contributed by atoms with Crippen molar-refractivity contribution in [2.24, 2.45) is 11.7 Å². The zero-order valence-electron chi connectivity index (χ0n) is 18.5. The highest BCUT2D eigenvalue weighted by Crippen LogP contribution is 2.27. The summed E-state index contributed by atoms with van der Waals surface area (Å²) in [5, 5.41) is 23.3. The van der Waals surface area contributed by atoms with Crippen LogP contribution < -0.4 is 11.1 Å². The fourth-order valence-corrected chi connectivity index (χ4v) is 4.54. The maximum atomic E-state index is 11.5. The van der Waals surface area contributed by atoms with E-state index in [4.69, 9.17) is 17.3 Å². The van der Waals surface area contributed by atoms with E-state index in [2.05, 4.69) is 32.3 Å². The number of aliphatic hydroxyl groups excluding tert-OH is 1. The number of dihydropyridines is 1. The van der Waals surface area contributed by atoms with Gasteiger partial charge >= 0.3 is 0 Å². The summed E-state index contributed by atoms with van der Waals surface area (Å²) in [7, 11) is 0. The number of rotatable bonds is 6. The van der Waals surface area contributed by atoms with E-state index in [1.54, 1.807) is 6.92 Å². The number of amides is 1. The van der Waals surface area contributed by atoms with Crippen LogP contribution in [0.15, 0.2) is 36.2 Å². The van der Waals surface area contributed by atoms with Crippen molar-refractivity contribution in [2.75, 3.05) is 19.6 Å². The summed E-state index contributed by atoms with van der Waals surface area (Å²) in [5.41, 5.74) is 8.49. The Morgan fingerprint density at radius 1 is 1.27 bits per heavy atom. The Bertz CT molecular complexity index is 1120. The second kappa shape index (κ2) is 9.80. The highest BCUT2D eigenvalue weighted by Gasteiger charge is 2.24. The SMILES string of the molecule is Cc1nc(CC2CCN(C3=CC=C(c4ccc(CO)c(Cl)c4)CN3)CC2)nc(C(N)=O)c1O. The van der Waals surface area contributed by atoms with Crippen LogP contribution in [0, 0.1) is 12.8 Å². The molecule has 2 aliphatic heterocycles. The van der Waals surface area contributed by atoms with Gasteiger partial charge in [-0.15, -0.1) is 0 Å². The van der Waals surface area contributed by atoms with E-state index in [0.29, 0.717) is 35.4 Å². The van der Waals surface area contributed by atoms with Gasteiger partial charge in [-0.1, -0.05) is 29.8 Å². The van der Waals surface area contributed by atoms with Crippen molar-refractivity contribution >= 4 is 23.1 Å². The first kappa shape index (κ1) is 23.1. The number of hydrogen-bond acceptors (Lipinski definition) is 7. The first-order valence-electron chi connectivity index (χ1n) is 11.0. The molecule has 0 spiro atoms. The first-order chi connectivity index (χ1) is 15.9. The Morgan fingerprint density at radius 3 is 2.64 bits per heavy atom. The van der Waals surface area contributed by atoms with E-state index in [0.717, 1.165) is 48.5 Å². The van der Waals surface area contributed by atoms with Crippen LogP contribution in [-0.2, 0) is 13.0 Å². The Labute approximate surface area is 197 Å². The molecule has 5 N–H and O–H groups in total. The maximum absolute atomic E-state index is 11.5. The molecule has 3 heterocycles. The lowest BCUT2D eigenvalue weighted by molar-refractivity contribution is 0.0991. The van der Waals surface area contributed by atoms with Crippen LogP contribution in [0.1, 0.15) is 46.0 Å². The standard InChI is InChI=1S/C24H28ClN5O3/c1-14-23(32)22(24(26)33)29-20(28-14)10-15-6-8-30(9-7-15)21-5-4-17(12-27-21)16-2-3-18(13-31)19(25)11-16/h2-5,11,15,27,31-32H,6-10,12-13H2,1H3,(H2,26,33). The predicted octanol–water partition coefficient (Wildman–Crippen LogP) is 2.52. The molecule has 0 aliphatic carbocycles. The van der Waals surface area contributed by atoms with Crippen LogP contribution in [0.25, 0.3) is 5.57 Å². The highest BCUT2D eigenvalue weighted by molar-refractivity contribution is 6.31. The number of nitrogens with two attached hydrogens (primary N) is 1. The third-order valence-electron chi connectivity index (χ3n) is 6.26. The second-order valence-electron chi connectivity index (χ2n) is 8.48. The fraction of sp³-hybridized carbons (Fsp3) is 0.375. The van der Waals surface area contributed by atoms with Gasteiger partial charge in [0.05, 0.1) is 12.3 Å². The minimum atomic E-state index is -0.747. The number of nitrogens with one attached hydrogen (secondary N) is 1. The molecule has 2 aliphatic rings. The molecule has 0 unspecified atom stereocenters. The lowest BCUT2D eigenvalue weighted by Gasteiger charge is -2.36. The van der Waals surface area contributed by atoms with Gasteiger partial charge in [-0.3, -0.25) is 4.79 Å². The van der Waals surface area contributed by atoms with Gasteiger partial charge in [0.1, 0.15) is 11.6 Å². The molecule has 174 valence electrons. The summed E-state index contributed by atoms with van der Waals surface area (Å²) in [6.07, 6.45) is 6.81. The molecule has 33 heavy (non-hydrogen) atoms. The fourth-order valence-electron chi connectivity index (χ4n) is 4.30. The van der Waals surface area contributed by atoms with E-state index < -0.39 is 5.91 Å². The second-order valence-corrected chi connectivity index (χ2v) is 8.89. The molecule has 0 atom stereocenters. The average Bonchev–Trinajstić information content (AvgIpc) is 2.81. The van der Waals surface area contributed by atoms with Crippen molar-refractivity contribution in [3.63, 3.8) is 0 Å². The number of benzene rings is 1. The van der Waals surface area contributed by atoms with Gasteiger partial charge in [-0.25, -0.2) is 9.97 Å². The number of carbonyl (C=O) groups is 1. The third kappa shape index (κ3) is 5.12. The summed E-state index contributed by atoms with van der Waals surface area (Å²) in [6, 6.07) is 5.72. The molecule has 1 amide bonds. The van der Waals surface area contributed by atoms with Gasteiger partial charge in [0.2, 0.25) is 0 Å². The van der Waals surface area contributed by atoms with Crippen LogP contribution in [-0.4, -0.2) is 50.6 Å². The van der Waals surface area contributed by atoms with E-state index in [1.807, 2.05) is 18.2 Å². The molecule has 1 aromatic heterocycles. The number of aliphatic hydroxyl groups is 1. The number of carbonyl (C=O) groups excluding carboxylic acids is 1.